The van der Waals surface area contributed by atoms with Crippen LogP contribution < -0.4 is 14.8 Å². The maximum Gasteiger partial charge on any atom is 0.328 e. The van der Waals surface area contributed by atoms with Gasteiger partial charge in [0.25, 0.3) is 0 Å². The second kappa shape index (κ2) is 20.2. The molecule has 38 heavy (non-hydrogen) atoms. The van der Waals surface area contributed by atoms with Crippen LogP contribution in [-0.4, -0.2) is 74.4 Å². The number of ether oxygens (including phenoxy) is 3. The number of methoxy groups -OCH3 is 2. The standard InChI is InChI=1S/C23H36N2O7.C6H12/c1-5-8-20(23(29)31-4)25(6-2)22(28)9-10-24-21(27)15-17-13-18(30-3)16-19(14-17)32-12-7-11-26;1-2-4-6-5-3-1/h13-14,16,20,26H,5-12,15H2,1-4H3,(H,24,27);1-6H2. The van der Waals surface area contributed by atoms with Crippen LogP contribution in [0.15, 0.2) is 18.2 Å². The molecule has 216 valence electrons. The van der Waals surface area contributed by atoms with Gasteiger partial charge in [-0.05, 0) is 31.0 Å². The van der Waals surface area contributed by atoms with Crippen molar-refractivity contribution in [3.05, 3.63) is 23.8 Å². The number of amides is 2. The Morgan fingerprint density at radius 1 is 1.00 bits per heavy atom. The smallest absolute Gasteiger partial charge is 0.328 e. The van der Waals surface area contributed by atoms with Gasteiger partial charge < -0.3 is 29.5 Å². The molecule has 0 heterocycles. The van der Waals surface area contributed by atoms with E-state index in [0.29, 0.717) is 43.1 Å². The van der Waals surface area contributed by atoms with Crippen molar-refractivity contribution in [2.75, 3.05) is 40.5 Å². The van der Waals surface area contributed by atoms with Gasteiger partial charge in [0.2, 0.25) is 11.8 Å². The van der Waals surface area contributed by atoms with Crippen molar-refractivity contribution in [2.45, 2.75) is 90.5 Å². The molecule has 1 saturated carbocycles. The Hall–Kier alpha value is -2.81. The van der Waals surface area contributed by atoms with Crippen LogP contribution in [0.4, 0.5) is 0 Å². The highest BCUT2D eigenvalue weighted by Gasteiger charge is 2.28. The van der Waals surface area contributed by atoms with Crippen LogP contribution in [-0.2, 0) is 25.5 Å². The normalized spacial score (nSPS) is 13.4. The van der Waals surface area contributed by atoms with Crippen molar-refractivity contribution >= 4 is 17.8 Å². The molecular weight excluding hydrogens is 488 g/mol. The number of esters is 1. The number of aliphatic hydroxyl groups is 1. The second-order valence-corrected chi connectivity index (χ2v) is 9.35. The third kappa shape index (κ3) is 13.1. The van der Waals surface area contributed by atoms with Gasteiger partial charge in [-0.25, -0.2) is 4.79 Å². The van der Waals surface area contributed by atoms with Crippen molar-refractivity contribution in [3.8, 4) is 11.5 Å². The number of nitrogens with zero attached hydrogens (tertiary/aromatic N) is 1. The molecule has 1 aliphatic rings. The topological polar surface area (TPSA) is 114 Å². The number of aliphatic hydroxyl groups excluding tert-OH is 1. The summed E-state index contributed by atoms with van der Waals surface area (Å²) >= 11 is 0. The molecule has 9 heteroatoms. The van der Waals surface area contributed by atoms with Crippen LogP contribution >= 0.6 is 0 Å². The number of nitrogens with one attached hydrogen (secondary N) is 1. The summed E-state index contributed by atoms with van der Waals surface area (Å²) in [5.41, 5.74) is 0.705. The molecule has 1 fully saturated rings. The minimum absolute atomic E-state index is 0.0340. The summed E-state index contributed by atoms with van der Waals surface area (Å²) in [7, 11) is 2.84. The zero-order valence-corrected chi connectivity index (χ0v) is 23.8. The fourth-order valence-corrected chi connectivity index (χ4v) is 4.33. The molecule has 1 aromatic rings. The van der Waals surface area contributed by atoms with Gasteiger partial charge in [0.1, 0.15) is 17.5 Å². The Labute approximate surface area is 228 Å². The summed E-state index contributed by atoms with van der Waals surface area (Å²) in [6.07, 6.45) is 11.0. The Balaban J connectivity index is 0.00000105. The van der Waals surface area contributed by atoms with Crippen molar-refractivity contribution in [2.24, 2.45) is 0 Å². The molecule has 2 rings (SSSR count). The molecule has 1 aliphatic carbocycles. The summed E-state index contributed by atoms with van der Waals surface area (Å²) in [4.78, 5) is 38.5. The van der Waals surface area contributed by atoms with Crippen LogP contribution in [0.2, 0.25) is 0 Å². The molecule has 0 aliphatic heterocycles. The largest absolute Gasteiger partial charge is 0.497 e. The molecule has 0 spiro atoms. The average molecular weight is 537 g/mol. The first-order valence-electron chi connectivity index (χ1n) is 14.0. The van der Waals surface area contributed by atoms with E-state index in [-0.39, 0.29) is 37.8 Å². The SMILES string of the molecule is C1CCCCC1.CCCC(C(=O)OC)N(CC)C(=O)CCNC(=O)Cc1cc(OC)cc(OCCCO)c1. The van der Waals surface area contributed by atoms with Crippen molar-refractivity contribution in [1.29, 1.82) is 0 Å². The van der Waals surface area contributed by atoms with Gasteiger partial charge in [-0.2, -0.15) is 0 Å². The molecule has 0 radical (unpaired) electrons. The van der Waals surface area contributed by atoms with Gasteiger partial charge in [0.05, 0.1) is 27.2 Å². The summed E-state index contributed by atoms with van der Waals surface area (Å²) in [5.74, 6) is 0.235. The Morgan fingerprint density at radius 2 is 1.63 bits per heavy atom. The first-order valence-corrected chi connectivity index (χ1v) is 14.0. The zero-order chi connectivity index (χ0) is 28.2. The lowest BCUT2D eigenvalue weighted by Gasteiger charge is -2.28. The second-order valence-electron chi connectivity index (χ2n) is 9.35. The monoisotopic (exact) mass is 536 g/mol. The van der Waals surface area contributed by atoms with Crippen LogP contribution in [0, 0.1) is 0 Å². The quantitative estimate of drug-likeness (QED) is 0.257. The summed E-state index contributed by atoms with van der Waals surface area (Å²) in [5, 5.41) is 11.6. The van der Waals surface area contributed by atoms with E-state index in [2.05, 4.69) is 5.32 Å². The summed E-state index contributed by atoms with van der Waals surface area (Å²) in [6.45, 7) is 4.69. The van der Waals surface area contributed by atoms with E-state index in [4.69, 9.17) is 19.3 Å². The van der Waals surface area contributed by atoms with Crippen molar-refractivity contribution in [3.63, 3.8) is 0 Å². The Kier molecular flexibility index (Phi) is 17.6. The maximum atomic E-state index is 12.6. The van der Waals surface area contributed by atoms with Crippen LogP contribution in [0.1, 0.15) is 83.6 Å². The number of benzene rings is 1. The van der Waals surface area contributed by atoms with Gasteiger partial charge in [-0.15, -0.1) is 0 Å². The van der Waals surface area contributed by atoms with E-state index < -0.39 is 12.0 Å². The van der Waals surface area contributed by atoms with Gasteiger partial charge in [-0.1, -0.05) is 51.9 Å². The van der Waals surface area contributed by atoms with E-state index in [9.17, 15) is 14.4 Å². The average Bonchev–Trinajstić information content (AvgIpc) is 2.93. The Morgan fingerprint density at radius 3 is 2.16 bits per heavy atom. The third-order valence-corrected chi connectivity index (χ3v) is 6.35. The fourth-order valence-electron chi connectivity index (χ4n) is 4.33. The zero-order valence-electron chi connectivity index (χ0n) is 23.8. The minimum atomic E-state index is -0.612. The van der Waals surface area contributed by atoms with Crippen molar-refractivity contribution < 1.29 is 33.7 Å². The molecular formula is C29H48N2O7. The van der Waals surface area contributed by atoms with E-state index in [1.165, 1.54) is 57.6 Å². The molecule has 0 saturated heterocycles. The summed E-state index contributed by atoms with van der Waals surface area (Å²) < 4.78 is 15.7. The molecule has 2 amide bonds. The lowest BCUT2D eigenvalue weighted by atomic mass is 10.0. The van der Waals surface area contributed by atoms with E-state index >= 15 is 0 Å². The number of carbonyl (C=O) groups excluding carboxylic acids is 3. The minimum Gasteiger partial charge on any atom is -0.497 e. The first kappa shape index (κ1) is 33.2. The molecule has 1 atom stereocenters. The third-order valence-electron chi connectivity index (χ3n) is 6.35. The number of carbonyl (C=O) groups is 3. The highest BCUT2D eigenvalue weighted by atomic mass is 16.5. The number of rotatable bonds is 15. The molecule has 9 nitrogen and oxygen atoms in total. The first-order chi connectivity index (χ1) is 18.4. The molecule has 1 unspecified atom stereocenters. The van der Waals surface area contributed by atoms with E-state index in [1.807, 2.05) is 13.8 Å². The summed E-state index contributed by atoms with van der Waals surface area (Å²) in [6, 6.07) is 4.59. The highest BCUT2D eigenvalue weighted by Crippen LogP contribution is 2.23. The van der Waals surface area contributed by atoms with Gasteiger partial charge >= 0.3 is 5.97 Å². The van der Waals surface area contributed by atoms with E-state index in [1.54, 1.807) is 18.2 Å². The lowest BCUT2D eigenvalue weighted by molar-refractivity contribution is -0.153. The van der Waals surface area contributed by atoms with Gasteiger partial charge in [0, 0.05) is 38.6 Å². The van der Waals surface area contributed by atoms with Crippen LogP contribution in [0.3, 0.4) is 0 Å². The molecule has 1 aromatic carbocycles. The van der Waals surface area contributed by atoms with Gasteiger partial charge in [0.15, 0.2) is 0 Å². The van der Waals surface area contributed by atoms with Crippen LogP contribution in [0.25, 0.3) is 0 Å². The molecule has 0 aromatic heterocycles. The molecule has 2 N–H and O–H groups in total. The number of likely N-dealkylation sites (N-methyl/N-ethyl adjacent to an activating group) is 1. The van der Waals surface area contributed by atoms with Crippen LogP contribution in [0.5, 0.6) is 11.5 Å². The van der Waals surface area contributed by atoms with E-state index in [0.717, 1.165) is 6.42 Å². The van der Waals surface area contributed by atoms with Crippen molar-refractivity contribution in [1.82, 2.24) is 10.2 Å². The number of hydrogen-bond acceptors (Lipinski definition) is 7. The lowest BCUT2D eigenvalue weighted by Crippen LogP contribution is -2.46. The predicted octanol–water partition coefficient (Wildman–Crippen LogP) is 4.04. The highest BCUT2D eigenvalue weighted by molar-refractivity contribution is 5.85. The maximum absolute atomic E-state index is 12.6. The predicted molar refractivity (Wildman–Crippen MR) is 147 cm³/mol. The van der Waals surface area contributed by atoms with Gasteiger partial charge in [-0.3, -0.25) is 9.59 Å². The molecule has 0 bridgehead atoms. The number of hydrogen-bond donors (Lipinski definition) is 2. The Bertz CT molecular complexity index is 816. The fraction of sp³-hybridized carbons (Fsp3) is 0.690.